The van der Waals surface area contributed by atoms with Crippen molar-refractivity contribution in [2.24, 2.45) is 0 Å². The van der Waals surface area contributed by atoms with Gasteiger partial charge < -0.3 is 15.0 Å². The predicted molar refractivity (Wildman–Crippen MR) is 121 cm³/mol. The van der Waals surface area contributed by atoms with E-state index in [1.54, 1.807) is 0 Å². The second-order valence-electron chi connectivity index (χ2n) is 7.34. The number of nitrogens with zero attached hydrogens (tertiary/aromatic N) is 1. The van der Waals surface area contributed by atoms with Crippen LogP contribution in [-0.2, 0) is 13.1 Å². The van der Waals surface area contributed by atoms with Gasteiger partial charge in [0.15, 0.2) is 0 Å². The summed E-state index contributed by atoms with van der Waals surface area (Å²) in [6, 6.07) is 25.6. The summed E-state index contributed by atoms with van der Waals surface area (Å²) in [5.41, 5.74) is 4.02. The average molecular weight is 419 g/mol. The Labute approximate surface area is 180 Å². The molecule has 1 aromatic heterocycles. The second-order valence-corrected chi connectivity index (χ2v) is 7.75. The molecule has 1 atom stereocenters. The van der Waals surface area contributed by atoms with E-state index in [1.165, 1.54) is 0 Å². The molecular formula is C25H23ClN2O2. The zero-order valence-corrected chi connectivity index (χ0v) is 17.4. The number of hydrogen-bond donors (Lipinski definition) is 2. The highest BCUT2D eigenvalue weighted by Crippen LogP contribution is 2.29. The van der Waals surface area contributed by atoms with Crippen LogP contribution in [-0.4, -0.2) is 15.6 Å². The predicted octanol–water partition coefficient (Wildman–Crippen LogP) is 5.89. The van der Waals surface area contributed by atoms with Crippen LogP contribution in [0.15, 0.2) is 78.9 Å². The lowest BCUT2D eigenvalue weighted by Gasteiger charge is -2.15. The van der Waals surface area contributed by atoms with Crippen molar-refractivity contribution in [3.63, 3.8) is 0 Å². The number of fused-ring (bicyclic) bond motifs is 1. The Balaban J connectivity index is 1.75. The molecule has 30 heavy (non-hydrogen) atoms. The number of carbonyl (C=O) groups is 1. The number of halogens is 1. The number of para-hydroxylation sites is 1. The second kappa shape index (κ2) is 8.74. The van der Waals surface area contributed by atoms with E-state index in [0.717, 1.165) is 27.6 Å². The molecule has 0 saturated heterocycles. The van der Waals surface area contributed by atoms with Crippen LogP contribution in [0.5, 0.6) is 0 Å². The first-order valence-electron chi connectivity index (χ1n) is 9.91. The van der Waals surface area contributed by atoms with E-state index in [0.29, 0.717) is 23.8 Å². The van der Waals surface area contributed by atoms with Crippen LogP contribution in [0.4, 0.5) is 0 Å². The largest absolute Gasteiger partial charge is 0.477 e. The van der Waals surface area contributed by atoms with E-state index >= 15 is 0 Å². The van der Waals surface area contributed by atoms with Crippen molar-refractivity contribution >= 4 is 28.5 Å². The van der Waals surface area contributed by atoms with Crippen LogP contribution in [0.25, 0.3) is 10.9 Å². The van der Waals surface area contributed by atoms with Crippen molar-refractivity contribution in [1.29, 1.82) is 0 Å². The van der Waals surface area contributed by atoms with Crippen LogP contribution >= 0.6 is 11.6 Å². The third-order valence-electron chi connectivity index (χ3n) is 5.45. The molecule has 0 fully saturated rings. The molecule has 0 aliphatic heterocycles. The molecule has 4 rings (SSSR count). The molecule has 0 saturated carbocycles. The first-order chi connectivity index (χ1) is 14.6. The van der Waals surface area contributed by atoms with Gasteiger partial charge in [0.25, 0.3) is 0 Å². The Kier molecular flexibility index (Phi) is 5.88. The van der Waals surface area contributed by atoms with E-state index in [4.69, 9.17) is 11.6 Å². The van der Waals surface area contributed by atoms with Gasteiger partial charge in [0.2, 0.25) is 0 Å². The molecule has 0 aliphatic carbocycles. The topological polar surface area (TPSA) is 54.3 Å². The van der Waals surface area contributed by atoms with Crippen LogP contribution in [0.3, 0.4) is 0 Å². The van der Waals surface area contributed by atoms with Crippen molar-refractivity contribution in [2.75, 3.05) is 0 Å². The van der Waals surface area contributed by atoms with Gasteiger partial charge in [-0.1, -0.05) is 78.3 Å². The van der Waals surface area contributed by atoms with Crippen LogP contribution in [0.1, 0.15) is 40.1 Å². The summed E-state index contributed by atoms with van der Waals surface area (Å²) in [7, 11) is 0. The van der Waals surface area contributed by atoms with Crippen molar-refractivity contribution in [3.05, 3.63) is 106 Å². The highest BCUT2D eigenvalue weighted by Gasteiger charge is 2.23. The number of aromatic nitrogens is 1. The Bertz CT molecular complexity index is 1180. The van der Waals surface area contributed by atoms with Gasteiger partial charge in [0.1, 0.15) is 5.69 Å². The van der Waals surface area contributed by atoms with Gasteiger partial charge in [-0.3, -0.25) is 0 Å². The summed E-state index contributed by atoms with van der Waals surface area (Å²) in [5, 5.41) is 15.2. The van der Waals surface area contributed by atoms with Crippen LogP contribution < -0.4 is 5.32 Å². The van der Waals surface area contributed by atoms with Gasteiger partial charge in [-0.05, 0) is 30.2 Å². The molecule has 4 nitrogen and oxygen atoms in total. The first kappa shape index (κ1) is 20.2. The van der Waals surface area contributed by atoms with Crippen molar-refractivity contribution in [1.82, 2.24) is 9.88 Å². The monoisotopic (exact) mass is 418 g/mol. The van der Waals surface area contributed by atoms with Gasteiger partial charge in [0.05, 0.1) is 0 Å². The Hall–Kier alpha value is -3.08. The van der Waals surface area contributed by atoms with E-state index in [9.17, 15) is 9.90 Å². The van der Waals surface area contributed by atoms with Gasteiger partial charge in [-0.15, -0.1) is 0 Å². The number of carboxylic acids is 1. The summed E-state index contributed by atoms with van der Waals surface area (Å²) in [6.45, 7) is 2.93. The van der Waals surface area contributed by atoms with E-state index in [1.807, 2.05) is 71.3 Å². The summed E-state index contributed by atoms with van der Waals surface area (Å²) in [6.07, 6.45) is 0. The lowest BCUT2D eigenvalue weighted by Crippen LogP contribution is -2.20. The van der Waals surface area contributed by atoms with Gasteiger partial charge in [-0.25, -0.2) is 4.79 Å². The fourth-order valence-corrected chi connectivity index (χ4v) is 4.07. The lowest BCUT2D eigenvalue weighted by atomic mass is 10.1. The normalized spacial score (nSPS) is 12.2. The molecule has 3 aromatic carbocycles. The molecule has 0 aliphatic rings. The molecule has 0 spiro atoms. The Morgan fingerprint density at radius 1 is 1.00 bits per heavy atom. The number of hydrogen-bond acceptors (Lipinski definition) is 2. The summed E-state index contributed by atoms with van der Waals surface area (Å²) in [5.74, 6) is -0.942. The zero-order chi connectivity index (χ0) is 21.1. The van der Waals surface area contributed by atoms with Crippen molar-refractivity contribution in [3.8, 4) is 0 Å². The number of rotatable bonds is 7. The maximum Gasteiger partial charge on any atom is 0.352 e. The van der Waals surface area contributed by atoms with Crippen molar-refractivity contribution < 1.29 is 9.90 Å². The minimum absolute atomic E-state index is 0.0959. The number of nitrogens with one attached hydrogen (secondary N) is 1. The highest BCUT2D eigenvalue weighted by atomic mass is 35.5. The molecular weight excluding hydrogens is 396 g/mol. The highest BCUT2D eigenvalue weighted by molar-refractivity contribution is 6.31. The van der Waals surface area contributed by atoms with Gasteiger partial charge >= 0.3 is 5.97 Å². The molecule has 2 N–H and O–H groups in total. The standard InChI is InChI=1S/C25H23ClN2O2/c1-17(18-9-3-2-4-10-18)27-15-21-20-12-6-8-14-23(20)28(24(21)25(29)30)16-19-11-5-7-13-22(19)26/h2-14,17,27H,15-16H2,1H3,(H,29,30)/t17-/m1/s1. The van der Waals surface area contributed by atoms with Crippen molar-refractivity contribution in [2.45, 2.75) is 26.1 Å². The van der Waals surface area contributed by atoms with Gasteiger partial charge in [0, 0.05) is 40.6 Å². The molecule has 0 unspecified atom stereocenters. The molecule has 0 bridgehead atoms. The Morgan fingerprint density at radius 3 is 2.40 bits per heavy atom. The Morgan fingerprint density at radius 2 is 1.67 bits per heavy atom. The SMILES string of the molecule is C[C@@H](NCc1c(C(=O)O)n(Cc2ccccc2Cl)c2ccccc12)c1ccccc1. The molecule has 5 heteroatoms. The van der Waals surface area contributed by atoms with Gasteiger partial charge in [-0.2, -0.15) is 0 Å². The quantitative estimate of drug-likeness (QED) is 0.393. The molecule has 0 amide bonds. The third kappa shape index (κ3) is 3.97. The summed E-state index contributed by atoms with van der Waals surface area (Å²) >= 11 is 6.36. The number of benzene rings is 3. The van der Waals surface area contributed by atoms with E-state index in [2.05, 4.69) is 24.4 Å². The molecule has 0 radical (unpaired) electrons. The molecule has 152 valence electrons. The maximum atomic E-state index is 12.3. The number of aromatic carboxylic acids is 1. The average Bonchev–Trinajstić information content (AvgIpc) is 3.08. The third-order valence-corrected chi connectivity index (χ3v) is 5.82. The fraction of sp³-hybridized carbons (Fsp3) is 0.160. The summed E-state index contributed by atoms with van der Waals surface area (Å²) in [4.78, 5) is 12.3. The van der Waals surface area contributed by atoms with E-state index in [-0.39, 0.29) is 6.04 Å². The smallest absolute Gasteiger partial charge is 0.352 e. The minimum Gasteiger partial charge on any atom is -0.477 e. The molecule has 4 aromatic rings. The lowest BCUT2D eigenvalue weighted by molar-refractivity contribution is 0.0684. The minimum atomic E-state index is -0.942. The first-order valence-corrected chi connectivity index (χ1v) is 10.3. The fourth-order valence-electron chi connectivity index (χ4n) is 3.87. The molecule has 1 heterocycles. The zero-order valence-electron chi connectivity index (χ0n) is 16.7. The summed E-state index contributed by atoms with van der Waals surface area (Å²) < 4.78 is 1.85. The van der Waals surface area contributed by atoms with Crippen LogP contribution in [0, 0.1) is 0 Å². The number of carboxylic acid groups (broad SMARTS) is 1. The van der Waals surface area contributed by atoms with Crippen LogP contribution in [0.2, 0.25) is 5.02 Å². The van der Waals surface area contributed by atoms with E-state index < -0.39 is 5.97 Å². The maximum absolute atomic E-state index is 12.3.